The summed E-state index contributed by atoms with van der Waals surface area (Å²) in [6.45, 7) is 1.68. The van der Waals surface area contributed by atoms with Crippen molar-refractivity contribution in [1.82, 2.24) is 10.3 Å². The Kier molecular flexibility index (Phi) is 5.40. The number of carboxylic acid groups (broad SMARTS) is 1. The summed E-state index contributed by atoms with van der Waals surface area (Å²) in [5.41, 5.74) is -0.300. The maximum Gasteiger partial charge on any atom is 0.338 e. The molecule has 1 heterocycles. The fourth-order valence-corrected chi connectivity index (χ4v) is 1.61. The molecule has 1 aromatic rings. The maximum absolute atomic E-state index is 12.0. The van der Waals surface area contributed by atoms with Gasteiger partial charge in [-0.1, -0.05) is 0 Å². The SMILES string of the molecule is COC(OC)C(C)NC(=O)c1ncccc1C(=O)O. The molecule has 0 spiro atoms. The molecule has 0 fully saturated rings. The average Bonchev–Trinajstić information content (AvgIpc) is 2.40. The van der Waals surface area contributed by atoms with Gasteiger partial charge in [0.2, 0.25) is 0 Å². The van der Waals surface area contributed by atoms with Gasteiger partial charge in [0.1, 0.15) is 5.69 Å². The summed E-state index contributed by atoms with van der Waals surface area (Å²) in [4.78, 5) is 26.7. The topological polar surface area (TPSA) is 97.8 Å². The van der Waals surface area contributed by atoms with Crippen LogP contribution in [-0.2, 0) is 9.47 Å². The zero-order valence-corrected chi connectivity index (χ0v) is 10.9. The molecule has 0 bridgehead atoms. The minimum Gasteiger partial charge on any atom is -0.478 e. The van der Waals surface area contributed by atoms with E-state index in [-0.39, 0.29) is 11.3 Å². The van der Waals surface area contributed by atoms with Gasteiger partial charge in [-0.3, -0.25) is 9.78 Å². The molecule has 0 radical (unpaired) electrons. The Morgan fingerprint density at radius 3 is 2.53 bits per heavy atom. The zero-order chi connectivity index (χ0) is 14.4. The number of carbonyl (C=O) groups is 2. The largest absolute Gasteiger partial charge is 0.478 e. The summed E-state index contributed by atoms with van der Waals surface area (Å²) in [7, 11) is 2.89. The molecule has 0 saturated carbocycles. The number of amides is 1. The third-order valence-electron chi connectivity index (χ3n) is 2.48. The van der Waals surface area contributed by atoms with Crippen LogP contribution in [0, 0.1) is 0 Å². The first-order valence-electron chi connectivity index (χ1n) is 5.56. The number of hydrogen-bond donors (Lipinski definition) is 2. The lowest BCUT2D eigenvalue weighted by Gasteiger charge is -2.22. The van der Waals surface area contributed by atoms with Crippen LogP contribution < -0.4 is 5.32 Å². The lowest BCUT2D eigenvalue weighted by Crippen LogP contribution is -2.43. The second-order valence-electron chi connectivity index (χ2n) is 3.81. The molecule has 0 aliphatic carbocycles. The molecule has 19 heavy (non-hydrogen) atoms. The summed E-state index contributed by atoms with van der Waals surface area (Å²) >= 11 is 0. The number of hydrogen-bond acceptors (Lipinski definition) is 5. The minimum absolute atomic E-state index is 0.146. The van der Waals surface area contributed by atoms with Crippen LogP contribution in [0.4, 0.5) is 0 Å². The molecule has 1 rings (SSSR count). The predicted molar refractivity (Wildman–Crippen MR) is 65.9 cm³/mol. The first-order valence-corrected chi connectivity index (χ1v) is 5.56. The predicted octanol–water partition coefficient (Wildman–Crippen LogP) is 0.517. The standard InChI is InChI=1S/C12H16N2O5/c1-7(12(18-2)19-3)14-10(15)9-8(11(16)17)5-4-6-13-9/h4-7,12H,1-3H3,(H,14,15)(H,16,17). The smallest absolute Gasteiger partial charge is 0.338 e. The quantitative estimate of drug-likeness (QED) is 0.730. The first kappa shape index (κ1) is 15.1. The van der Waals surface area contributed by atoms with Crippen molar-refractivity contribution >= 4 is 11.9 Å². The molecule has 0 saturated heterocycles. The van der Waals surface area contributed by atoms with Gasteiger partial charge in [0.25, 0.3) is 5.91 Å². The Morgan fingerprint density at radius 1 is 1.37 bits per heavy atom. The van der Waals surface area contributed by atoms with Crippen LogP contribution in [-0.4, -0.2) is 48.5 Å². The minimum atomic E-state index is -1.21. The zero-order valence-electron chi connectivity index (χ0n) is 10.9. The molecule has 0 aromatic carbocycles. The van der Waals surface area contributed by atoms with Crippen LogP contribution in [0.1, 0.15) is 27.8 Å². The van der Waals surface area contributed by atoms with Gasteiger partial charge in [0, 0.05) is 20.4 Å². The number of nitrogens with zero attached hydrogens (tertiary/aromatic N) is 1. The summed E-state index contributed by atoms with van der Waals surface area (Å²) < 4.78 is 10.0. The van der Waals surface area contributed by atoms with Crippen molar-refractivity contribution in [3.63, 3.8) is 0 Å². The maximum atomic E-state index is 12.0. The van der Waals surface area contributed by atoms with Gasteiger partial charge in [0.15, 0.2) is 6.29 Å². The van der Waals surface area contributed by atoms with E-state index in [1.807, 2.05) is 0 Å². The highest BCUT2D eigenvalue weighted by atomic mass is 16.7. The van der Waals surface area contributed by atoms with Crippen molar-refractivity contribution in [3.8, 4) is 0 Å². The highest BCUT2D eigenvalue weighted by Gasteiger charge is 2.22. The number of carboxylic acids is 1. The third kappa shape index (κ3) is 3.73. The van der Waals surface area contributed by atoms with Crippen LogP contribution in [0.25, 0.3) is 0 Å². The summed E-state index contributed by atoms with van der Waals surface area (Å²) in [6.07, 6.45) is 0.733. The van der Waals surface area contributed by atoms with E-state index in [0.717, 1.165) is 0 Å². The van der Waals surface area contributed by atoms with Crippen molar-refractivity contribution < 1.29 is 24.2 Å². The van der Waals surface area contributed by atoms with Crippen molar-refractivity contribution in [3.05, 3.63) is 29.6 Å². The Balaban J connectivity index is 2.87. The van der Waals surface area contributed by atoms with Crippen molar-refractivity contribution in [1.29, 1.82) is 0 Å². The Hall–Kier alpha value is -1.99. The van der Waals surface area contributed by atoms with Crippen LogP contribution in [0.15, 0.2) is 18.3 Å². The molecule has 1 amide bonds. The van der Waals surface area contributed by atoms with E-state index in [0.29, 0.717) is 0 Å². The Bertz CT molecular complexity index is 459. The van der Waals surface area contributed by atoms with Gasteiger partial charge in [-0.2, -0.15) is 0 Å². The van der Waals surface area contributed by atoms with Gasteiger partial charge < -0.3 is 19.9 Å². The van der Waals surface area contributed by atoms with Gasteiger partial charge in [-0.15, -0.1) is 0 Å². The highest BCUT2D eigenvalue weighted by Crippen LogP contribution is 2.07. The lowest BCUT2D eigenvalue weighted by molar-refractivity contribution is -0.117. The number of pyridine rings is 1. The number of carbonyl (C=O) groups excluding carboxylic acids is 1. The third-order valence-corrected chi connectivity index (χ3v) is 2.48. The number of rotatable bonds is 6. The fraction of sp³-hybridized carbons (Fsp3) is 0.417. The number of ether oxygens (including phenoxy) is 2. The van der Waals surface area contributed by atoms with E-state index in [4.69, 9.17) is 14.6 Å². The normalized spacial score (nSPS) is 12.2. The second kappa shape index (κ2) is 6.81. The molecule has 1 unspecified atom stereocenters. The molecular weight excluding hydrogens is 252 g/mol. The van der Waals surface area contributed by atoms with Gasteiger partial charge >= 0.3 is 5.97 Å². The number of methoxy groups -OCH3 is 2. The average molecular weight is 268 g/mol. The van der Waals surface area contributed by atoms with Crippen molar-refractivity contribution in [2.24, 2.45) is 0 Å². The van der Waals surface area contributed by atoms with Crippen LogP contribution in [0.2, 0.25) is 0 Å². The van der Waals surface area contributed by atoms with Crippen LogP contribution >= 0.6 is 0 Å². The van der Waals surface area contributed by atoms with Crippen LogP contribution in [0.5, 0.6) is 0 Å². The highest BCUT2D eigenvalue weighted by molar-refractivity contribution is 6.03. The monoisotopic (exact) mass is 268 g/mol. The summed E-state index contributed by atoms with van der Waals surface area (Å²) in [6, 6.07) is 2.32. The van der Waals surface area contributed by atoms with Crippen LogP contribution in [0.3, 0.4) is 0 Å². The number of aromatic nitrogens is 1. The molecule has 2 N–H and O–H groups in total. The summed E-state index contributed by atoms with van der Waals surface area (Å²) in [5.74, 6) is -1.80. The molecule has 0 aliphatic rings. The molecule has 1 atom stereocenters. The fourth-order valence-electron chi connectivity index (χ4n) is 1.61. The molecular formula is C12H16N2O5. The van der Waals surface area contributed by atoms with E-state index < -0.39 is 24.2 Å². The van der Waals surface area contributed by atoms with E-state index in [1.54, 1.807) is 6.92 Å². The number of aromatic carboxylic acids is 1. The van der Waals surface area contributed by atoms with Crippen molar-refractivity contribution in [2.45, 2.75) is 19.3 Å². The van der Waals surface area contributed by atoms with Gasteiger partial charge in [-0.25, -0.2) is 4.79 Å². The van der Waals surface area contributed by atoms with E-state index in [1.165, 1.54) is 32.5 Å². The Labute approximate surface area is 110 Å². The number of nitrogens with one attached hydrogen (secondary N) is 1. The molecule has 1 aromatic heterocycles. The van der Waals surface area contributed by atoms with Gasteiger partial charge in [-0.05, 0) is 19.1 Å². The van der Waals surface area contributed by atoms with E-state index in [9.17, 15) is 9.59 Å². The summed E-state index contributed by atoms with van der Waals surface area (Å²) in [5, 5.41) is 11.6. The second-order valence-corrected chi connectivity index (χ2v) is 3.81. The molecule has 7 heteroatoms. The van der Waals surface area contributed by atoms with E-state index >= 15 is 0 Å². The van der Waals surface area contributed by atoms with Gasteiger partial charge in [0.05, 0.1) is 11.6 Å². The molecule has 7 nitrogen and oxygen atoms in total. The first-order chi connectivity index (χ1) is 9.01. The molecule has 104 valence electrons. The molecule has 0 aliphatic heterocycles. The Morgan fingerprint density at radius 2 is 2.00 bits per heavy atom. The van der Waals surface area contributed by atoms with E-state index in [2.05, 4.69) is 10.3 Å². The lowest BCUT2D eigenvalue weighted by atomic mass is 10.1. The van der Waals surface area contributed by atoms with Crippen molar-refractivity contribution in [2.75, 3.05) is 14.2 Å².